The number of carbonyl (C=O) groups is 2. The van der Waals surface area contributed by atoms with E-state index in [0.717, 1.165) is 6.42 Å². The molecular weight excluding hydrogens is 325 g/mol. The van der Waals surface area contributed by atoms with Crippen LogP contribution in [0.1, 0.15) is 30.6 Å². The van der Waals surface area contributed by atoms with E-state index < -0.39 is 5.97 Å². The van der Waals surface area contributed by atoms with Crippen molar-refractivity contribution in [2.75, 3.05) is 19.7 Å². The van der Waals surface area contributed by atoms with Crippen molar-refractivity contribution in [2.45, 2.75) is 20.3 Å². The molecule has 1 heterocycles. The largest absolute Gasteiger partial charge is 0.452 e. The molecule has 0 radical (unpaired) electrons. The average molecular weight is 344 g/mol. The minimum absolute atomic E-state index is 0.167. The Morgan fingerprint density at radius 3 is 2.23 bits per heavy atom. The first-order valence-electron chi connectivity index (χ1n) is 7.26. The van der Waals surface area contributed by atoms with Gasteiger partial charge in [0.05, 0.1) is 5.56 Å². The van der Waals surface area contributed by atoms with Crippen LogP contribution in [0.3, 0.4) is 0 Å². The summed E-state index contributed by atoms with van der Waals surface area (Å²) in [7, 11) is 0. The number of hydrogen-bond acceptors (Lipinski definition) is 3. The highest BCUT2D eigenvalue weighted by Gasteiger charge is 2.26. The Morgan fingerprint density at radius 1 is 1.14 bits per heavy atom. The number of esters is 1. The summed E-state index contributed by atoms with van der Waals surface area (Å²) in [5.74, 6) is 0.168. The third-order valence-corrected chi connectivity index (χ3v) is 4.08. The van der Waals surface area contributed by atoms with Crippen molar-refractivity contribution in [1.82, 2.24) is 4.90 Å². The van der Waals surface area contributed by atoms with Crippen LogP contribution in [0.25, 0.3) is 0 Å². The number of hydrogen-bond donors (Lipinski definition) is 0. The number of ether oxygens (including phenoxy) is 1. The first kappa shape index (κ1) is 17.1. The zero-order valence-corrected chi connectivity index (χ0v) is 14.2. The average Bonchev–Trinajstić information content (AvgIpc) is 2.42. The van der Waals surface area contributed by atoms with Crippen molar-refractivity contribution in [1.29, 1.82) is 0 Å². The second-order valence-electron chi connectivity index (χ2n) is 5.98. The van der Waals surface area contributed by atoms with E-state index >= 15 is 0 Å². The molecule has 1 saturated heterocycles. The Labute approximate surface area is 140 Å². The van der Waals surface area contributed by atoms with Gasteiger partial charge in [-0.15, -0.1) is 0 Å². The standard InChI is InChI=1S/C16H19Cl2NO3/c1-10-3-11(2)8-19(7-10)15(20)9-22-16(21)12-4-13(17)6-14(18)5-12/h4-6,10-11H,3,7-9H2,1-2H3. The first-order valence-corrected chi connectivity index (χ1v) is 8.01. The summed E-state index contributed by atoms with van der Waals surface area (Å²) in [5, 5.41) is 0.703. The third-order valence-electron chi connectivity index (χ3n) is 3.65. The van der Waals surface area contributed by atoms with Gasteiger partial charge in [0.15, 0.2) is 6.61 Å². The minimum atomic E-state index is -0.601. The number of rotatable bonds is 3. The maximum atomic E-state index is 12.2. The van der Waals surface area contributed by atoms with E-state index in [1.165, 1.54) is 18.2 Å². The molecular formula is C16H19Cl2NO3. The van der Waals surface area contributed by atoms with E-state index in [2.05, 4.69) is 13.8 Å². The number of halogens is 2. The number of carbonyl (C=O) groups excluding carboxylic acids is 2. The van der Waals surface area contributed by atoms with Crippen LogP contribution in [-0.4, -0.2) is 36.5 Å². The van der Waals surface area contributed by atoms with Gasteiger partial charge >= 0.3 is 5.97 Å². The van der Waals surface area contributed by atoms with Crippen molar-refractivity contribution in [3.8, 4) is 0 Å². The third kappa shape index (κ3) is 4.62. The topological polar surface area (TPSA) is 46.6 Å². The van der Waals surface area contributed by atoms with Crippen LogP contribution >= 0.6 is 23.2 Å². The molecule has 0 bridgehead atoms. The van der Waals surface area contributed by atoms with Crippen molar-refractivity contribution >= 4 is 35.1 Å². The van der Waals surface area contributed by atoms with Crippen LogP contribution in [-0.2, 0) is 9.53 Å². The summed E-state index contributed by atoms with van der Waals surface area (Å²) < 4.78 is 5.08. The molecule has 0 N–H and O–H groups in total. The van der Waals surface area contributed by atoms with E-state index in [9.17, 15) is 9.59 Å². The quantitative estimate of drug-likeness (QED) is 0.787. The monoisotopic (exact) mass is 343 g/mol. The SMILES string of the molecule is CC1CC(C)CN(C(=O)COC(=O)c2cc(Cl)cc(Cl)c2)C1. The lowest BCUT2D eigenvalue weighted by atomic mass is 9.92. The van der Waals surface area contributed by atoms with Crippen molar-refractivity contribution in [3.05, 3.63) is 33.8 Å². The molecule has 2 rings (SSSR count). The van der Waals surface area contributed by atoms with Gasteiger partial charge in [-0.3, -0.25) is 4.79 Å². The first-order chi connectivity index (χ1) is 10.3. The summed E-state index contributed by atoms with van der Waals surface area (Å²) in [6.07, 6.45) is 1.12. The normalized spacial score (nSPS) is 21.5. The zero-order chi connectivity index (χ0) is 16.3. The van der Waals surface area contributed by atoms with Gasteiger partial charge in [-0.2, -0.15) is 0 Å². The minimum Gasteiger partial charge on any atom is -0.452 e. The van der Waals surface area contributed by atoms with Crippen LogP contribution in [0.2, 0.25) is 10.0 Å². The second kappa shape index (κ2) is 7.34. The van der Waals surface area contributed by atoms with Gasteiger partial charge in [-0.25, -0.2) is 4.79 Å². The lowest BCUT2D eigenvalue weighted by molar-refractivity contribution is -0.137. The van der Waals surface area contributed by atoms with Crippen LogP contribution in [0.5, 0.6) is 0 Å². The molecule has 0 saturated carbocycles. The number of likely N-dealkylation sites (tertiary alicyclic amines) is 1. The molecule has 2 atom stereocenters. The number of piperidine rings is 1. The number of nitrogens with zero attached hydrogens (tertiary/aromatic N) is 1. The summed E-state index contributed by atoms with van der Waals surface area (Å²) in [6.45, 7) is 5.40. The van der Waals surface area contributed by atoms with Crippen LogP contribution in [0.4, 0.5) is 0 Å². The van der Waals surface area contributed by atoms with Crippen molar-refractivity contribution in [3.63, 3.8) is 0 Å². The second-order valence-corrected chi connectivity index (χ2v) is 6.85. The molecule has 22 heavy (non-hydrogen) atoms. The molecule has 1 aromatic carbocycles. The van der Waals surface area contributed by atoms with Gasteiger partial charge in [0.1, 0.15) is 0 Å². The molecule has 0 aromatic heterocycles. The van der Waals surface area contributed by atoms with Gasteiger partial charge in [0.2, 0.25) is 0 Å². The highest BCUT2D eigenvalue weighted by molar-refractivity contribution is 6.35. The predicted molar refractivity (Wildman–Crippen MR) is 86.3 cm³/mol. The van der Waals surface area contributed by atoms with E-state index in [1.54, 1.807) is 4.90 Å². The maximum Gasteiger partial charge on any atom is 0.338 e. The molecule has 1 aliphatic heterocycles. The Morgan fingerprint density at radius 2 is 1.68 bits per heavy atom. The Hall–Kier alpha value is -1.26. The molecule has 0 aliphatic carbocycles. The zero-order valence-electron chi connectivity index (χ0n) is 12.6. The summed E-state index contributed by atoms with van der Waals surface area (Å²) >= 11 is 11.7. The lowest BCUT2D eigenvalue weighted by Gasteiger charge is -2.34. The predicted octanol–water partition coefficient (Wildman–Crippen LogP) is 3.65. The Bertz CT molecular complexity index is 546. The molecule has 1 aromatic rings. The summed E-state index contributed by atoms with van der Waals surface area (Å²) in [6, 6.07) is 4.46. The van der Waals surface area contributed by atoms with E-state index in [4.69, 9.17) is 27.9 Å². The maximum absolute atomic E-state index is 12.2. The number of amides is 1. The fraction of sp³-hybridized carbons (Fsp3) is 0.500. The number of benzene rings is 1. The highest BCUT2D eigenvalue weighted by Crippen LogP contribution is 2.22. The molecule has 0 spiro atoms. The molecule has 1 fully saturated rings. The lowest BCUT2D eigenvalue weighted by Crippen LogP contribution is -2.44. The Kier molecular flexibility index (Phi) is 5.70. The fourth-order valence-corrected chi connectivity index (χ4v) is 3.37. The van der Waals surface area contributed by atoms with Gasteiger partial charge in [0, 0.05) is 23.1 Å². The molecule has 120 valence electrons. The van der Waals surface area contributed by atoms with E-state index in [-0.39, 0.29) is 18.1 Å². The van der Waals surface area contributed by atoms with Gasteiger partial charge in [-0.1, -0.05) is 37.0 Å². The fourth-order valence-electron chi connectivity index (χ4n) is 2.84. The molecule has 6 heteroatoms. The van der Waals surface area contributed by atoms with Crippen LogP contribution in [0.15, 0.2) is 18.2 Å². The Balaban J connectivity index is 1.91. The van der Waals surface area contributed by atoms with Crippen molar-refractivity contribution < 1.29 is 14.3 Å². The van der Waals surface area contributed by atoms with Crippen LogP contribution in [0, 0.1) is 11.8 Å². The molecule has 1 aliphatic rings. The van der Waals surface area contributed by atoms with Gasteiger partial charge in [-0.05, 0) is 36.5 Å². The summed E-state index contributed by atoms with van der Waals surface area (Å²) in [5.41, 5.74) is 0.241. The molecule has 4 nitrogen and oxygen atoms in total. The molecule has 1 amide bonds. The summed E-state index contributed by atoms with van der Waals surface area (Å²) in [4.78, 5) is 25.9. The van der Waals surface area contributed by atoms with E-state index in [1.807, 2.05) is 0 Å². The van der Waals surface area contributed by atoms with Crippen molar-refractivity contribution in [2.24, 2.45) is 11.8 Å². The van der Waals surface area contributed by atoms with Gasteiger partial charge < -0.3 is 9.64 Å². The highest BCUT2D eigenvalue weighted by atomic mass is 35.5. The molecule has 2 unspecified atom stereocenters. The van der Waals surface area contributed by atoms with Gasteiger partial charge in [0.25, 0.3) is 5.91 Å². The van der Waals surface area contributed by atoms with E-state index in [0.29, 0.717) is 35.0 Å². The van der Waals surface area contributed by atoms with Crippen LogP contribution < -0.4 is 0 Å². The smallest absolute Gasteiger partial charge is 0.338 e.